The molecule has 0 fully saturated rings. The highest BCUT2D eigenvalue weighted by Crippen LogP contribution is 2.26. The first kappa shape index (κ1) is 15.8. The third-order valence-corrected chi connectivity index (χ3v) is 3.46. The molecule has 2 aromatic rings. The van der Waals surface area contributed by atoms with Gasteiger partial charge in [-0.2, -0.15) is 0 Å². The van der Waals surface area contributed by atoms with Gasteiger partial charge in [-0.15, -0.1) is 0 Å². The maximum absolute atomic E-state index is 10.6. The Morgan fingerprint density at radius 2 is 1.95 bits per heavy atom. The molecule has 0 aliphatic carbocycles. The van der Waals surface area contributed by atoms with Crippen LogP contribution in [0.1, 0.15) is 24.1 Å². The Balaban J connectivity index is 2.00. The standard InChI is InChI=1S/C16H18N2O4/c1-11(13-4-6-14(7-5-13)18(20)21)17-10-12-3-8-15(19)16(9-12)22-2/h3-9,11,17,19H,10H2,1-2H3/t11-/m1/s1. The molecule has 0 aliphatic rings. The van der Waals surface area contributed by atoms with Gasteiger partial charge in [-0.05, 0) is 30.2 Å². The van der Waals surface area contributed by atoms with Crippen molar-refractivity contribution >= 4 is 5.69 Å². The number of nitrogens with zero attached hydrogens (tertiary/aromatic N) is 1. The van der Waals surface area contributed by atoms with E-state index in [-0.39, 0.29) is 17.5 Å². The number of phenolic OH excluding ortho intramolecular Hbond substituents is 1. The zero-order valence-corrected chi connectivity index (χ0v) is 12.4. The van der Waals surface area contributed by atoms with Gasteiger partial charge in [0, 0.05) is 24.7 Å². The van der Waals surface area contributed by atoms with E-state index in [9.17, 15) is 15.2 Å². The molecule has 2 N–H and O–H groups in total. The lowest BCUT2D eigenvalue weighted by molar-refractivity contribution is -0.384. The number of nitro groups is 1. The average Bonchev–Trinajstić information content (AvgIpc) is 2.53. The molecule has 22 heavy (non-hydrogen) atoms. The third-order valence-electron chi connectivity index (χ3n) is 3.46. The molecule has 0 spiro atoms. The summed E-state index contributed by atoms with van der Waals surface area (Å²) in [5, 5.41) is 23.5. The molecule has 0 aliphatic heterocycles. The van der Waals surface area contributed by atoms with Gasteiger partial charge in [0.05, 0.1) is 12.0 Å². The van der Waals surface area contributed by atoms with E-state index in [1.165, 1.54) is 19.2 Å². The fourth-order valence-corrected chi connectivity index (χ4v) is 2.11. The van der Waals surface area contributed by atoms with Crippen molar-refractivity contribution in [2.24, 2.45) is 0 Å². The third kappa shape index (κ3) is 3.73. The molecule has 0 aromatic heterocycles. The highest BCUT2D eigenvalue weighted by Gasteiger charge is 2.09. The molecular formula is C16H18N2O4. The fraction of sp³-hybridized carbons (Fsp3) is 0.250. The van der Waals surface area contributed by atoms with Crippen molar-refractivity contribution in [3.05, 3.63) is 63.7 Å². The number of aromatic hydroxyl groups is 1. The molecule has 2 rings (SSSR count). The Hall–Kier alpha value is -2.60. The van der Waals surface area contributed by atoms with E-state index in [2.05, 4.69) is 5.32 Å². The van der Waals surface area contributed by atoms with Crippen LogP contribution >= 0.6 is 0 Å². The lowest BCUT2D eigenvalue weighted by atomic mass is 10.1. The van der Waals surface area contributed by atoms with Crippen LogP contribution in [0.25, 0.3) is 0 Å². The summed E-state index contributed by atoms with van der Waals surface area (Å²) in [6.45, 7) is 2.58. The summed E-state index contributed by atoms with van der Waals surface area (Å²) in [4.78, 5) is 10.2. The summed E-state index contributed by atoms with van der Waals surface area (Å²) < 4.78 is 5.07. The average molecular weight is 302 g/mol. The summed E-state index contributed by atoms with van der Waals surface area (Å²) in [5.41, 5.74) is 2.03. The van der Waals surface area contributed by atoms with Crippen LogP contribution in [0.15, 0.2) is 42.5 Å². The van der Waals surface area contributed by atoms with Crippen LogP contribution in [-0.2, 0) is 6.54 Å². The van der Waals surface area contributed by atoms with Gasteiger partial charge in [-0.25, -0.2) is 0 Å². The van der Waals surface area contributed by atoms with E-state index < -0.39 is 4.92 Å². The minimum absolute atomic E-state index is 0.0422. The molecule has 0 heterocycles. The van der Waals surface area contributed by atoms with Crippen molar-refractivity contribution in [1.29, 1.82) is 0 Å². The lowest BCUT2D eigenvalue weighted by Gasteiger charge is -2.15. The SMILES string of the molecule is COc1cc(CN[C@H](C)c2ccc([N+](=O)[O-])cc2)ccc1O. The van der Waals surface area contributed by atoms with Crippen LogP contribution in [0.5, 0.6) is 11.5 Å². The highest BCUT2D eigenvalue weighted by atomic mass is 16.6. The predicted molar refractivity (Wildman–Crippen MR) is 83.0 cm³/mol. The zero-order valence-electron chi connectivity index (χ0n) is 12.4. The molecule has 0 unspecified atom stereocenters. The number of rotatable bonds is 6. The quantitative estimate of drug-likeness (QED) is 0.632. The smallest absolute Gasteiger partial charge is 0.269 e. The van der Waals surface area contributed by atoms with Crippen LogP contribution in [0.2, 0.25) is 0 Å². The van der Waals surface area contributed by atoms with E-state index in [1.807, 2.05) is 13.0 Å². The van der Waals surface area contributed by atoms with E-state index in [1.54, 1.807) is 24.3 Å². The molecule has 0 bridgehead atoms. The Morgan fingerprint density at radius 1 is 1.27 bits per heavy atom. The second kappa shape index (κ2) is 6.91. The summed E-state index contributed by atoms with van der Waals surface area (Å²) in [5.74, 6) is 0.539. The topological polar surface area (TPSA) is 84.6 Å². The van der Waals surface area contributed by atoms with Gasteiger partial charge in [-0.1, -0.05) is 18.2 Å². The van der Waals surface area contributed by atoms with E-state index in [0.29, 0.717) is 12.3 Å². The highest BCUT2D eigenvalue weighted by molar-refractivity contribution is 5.41. The first-order valence-electron chi connectivity index (χ1n) is 6.85. The lowest BCUT2D eigenvalue weighted by Crippen LogP contribution is -2.18. The normalized spacial score (nSPS) is 11.9. The minimum Gasteiger partial charge on any atom is -0.504 e. The van der Waals surface area contributed by atoms with Gasteiger partial charge in [0.15, 0.2) is 11.5 Å². The molecule has 0 saturated heterocycles. The number of hydrogen-bond donors (Lipinski definition) is 2. The summed E-state index contributed by atoms with van der Waals surface area (Å²) in [6.07, 6.45) is 0. The number of nitro benzene ring substituents is 1. The number of hydrogen-bond acceptors (Lipinski definition) is 5. The maximum atomic E-state index is 10.6. The van der Waals surface area contributed by atoms with E-state index in [0.717, 1.165) is 11.1 Å². The first-order valence-corrected chi connectivity index (χ1v) is 6.85. The second-order valence-corrected chi connectivity index (χ2v) is 4.96. The van der Waals surface area contributed by atoms with Gasteiger partial charge in [0.2, 0.25) is 0 Å². The molecule has 0 saturated carbocycles. The van der Waals surface area contributed by atoms with Crippen LogP contribution in [0, 0.1) is 10.1 Å². The van der Waals surface area contributed by atoms with Crippen molar-refractivity contribution in [2.75, 3.05) is 7.11 Å². The summed E-state index contributed by atoms with van der Waals surface area (Å²) >= 11 is 0. The van der Waals surface area contributed by atoms with E-state index in [4.69, 9.17) is 4.74 Å². The Bertz CT molecular complexity index is 656. The first-order chi connectivity index (χ1) is 10.5. The molecule has 0 amide bonds. The molecule has 1 atom stereocenters. The van der Waals surface area contributed by atoms with Crippen molar-refractivity contribution in [3.63, 3.8) is 0 Å². The van der Waals surface area contributed by atoms with Gasteiger partial charge in [0.1, 0.15) is 0 Å². The van der Waals surface area contributed by atoms with Gasteiger partial charge in [-0.3, -0.25) is 10.1 Å². The summed E-state index contributed by atoms with van der Waals surface area (Å²) in [7, 11) is 1.51. The van der Waals surface area contributed by atoms with Crippen LogP contribution < -0.4 is 10.1 Å². The van der Waals surface area contributed by atoms with Crippen LogP contribution in [0.4, 0.5) is 5.69 Å². The fourth-order valence-electron chi connectivity index (χ4n) is 2.11. The van der Waals surface area contributed by atoms with Crippen LogP contribution in [-0.4, -0.2) is 17.1 Å². The molecule has 2 aromatic carbocycles. The molecular weight excluding hydrogens is 284 g/mol. The number of methoxy groups -OCH3 is 1. The van der Waals surface area contributed by atoms with Crippen molar-refractivity contribution in [1.82, 2.24) is 5.32 Å². The molecule has 116 valence electrons. The van der Waals surface area contributed by atoms with Crippen molar-refractivity contribution in [2.45, 2.75) is 19.5 Å². The second-order valence-electron chi connectivity index (χ2n) is 4.96. The van der Waals surface area contributed by atoms with Gasteiger partial charge < -0.3 is 15.2 Å². The number of benzene rings is 2. The Morgan fingerprint density at radius 3 is 2.55 bits per heavy atom. The van der Waals surface area contributed by atoms with E-state index >= 15 is 0 Å². The van der Waals surface area contributed by atoms with Gasteiger partial charge >= 0.3 is 0 Å². The van der Waals surface area contributed by atoms with Crippen molar-refractivity contribution < 1.29 is 14.8 Å². The monoisotopic (exact) mass is 302 g/mol. The Labute approximate surface area is 128 Å². The predicted octanol–water partition coefficient (Wildman–Crippen LogP) is 3.16. The number of nitrogens with one attached hydrogen (secondary N) is 1. The molecule has 6 nitrogen and oxygen atoms in total. The van der Waals surface area contributed by atoms with Crippen LogP contribution in [0.3, 0.4) is 0 Å². The Kier molecular flexibility index (Phi) is 4.95. The maximum Gasteiger partial charge on any atom is 0.269 e. The zero-order chi connectivity index (χ0) is 16.1. The number of phenols is 1. The largest absolute Gasteiger partial charge is 0.504 e. The number of ether oxygens (including phenoxy) is 1. The summed E-state index contributed by atoms with van der Waals surface area (Å²) in [6, 6.07) is 11.7. The number of non-ortho nitro benzene ring substituents is 1. The molecule has 0 radical (unpaired) electrons. The van der Waals surface area contributed by atoms with Gasteiger partial charge in [0.25, 0.3) is 5.69 Å². The molecule has 6 heteroatoms. The minimum atomic E-state index is -0.412. The van der Waals surface area contributed by atoms with Crippen molar-refractivity contribution in [3.8, 4) is 11.5 Å².